The third-order valence-electron chi connectivity index (χ3n) is 7.32. The van der Waals surface area contributed by atoms with Crippen molar-refractivity contribution in [1.29, 1.82) is 0 Å². The summed E-state index contributed by atoms with van der Waals surface area (Å²) in [6.07, 6.45) is 3.75. The number of aromatic nitrogens is 1. The second kappa shape index (κ2) is 12.5. The fraction of sp³-hybridized carbons (Fsp3) is 0.387. The molecule has 2 amide bonds. The molecule has 216 valence electrons. The molecule has 8 nitrogen and oxygen atoms in total. The van der Waals surface area contributed by atoms with Crippen molar-refractivity contribution in [2.24, 2.45) is 5.92 Å². The van der Waals surface area contributed by atoms with E-state index >= 15 is 0 Å². The Labute approximate surface area is 238 Å². The van der Waals surface area contributed by atoms with E-state index < -0.39 is 6.61 Å². The summed E-state index contributed by atoms with van der Waals surface area (Å²) in [6.45, 7) is 0.489. The van der Waals surface area contributed by atoms with Crippen molar-refractivity contribution in [3.8, 4) is 11.5 Å². The smallest absolute Gasteiger partial charge is 0.387 e. The highest BCUT2D eigenvalue weighted by Crippen LogP contribution is 2.35. The molecule has 2 aliphatic rings. The number of nitrogens with zero attached hydrogens (tertiary/aromatic N) is 3. The van der Waals surface area contributed by atoms with Crippen LogP contribution in [0, 0.1) is 12.8 Å². The first kappa shape index (κ1) is 28.3. The molecule has 1 atom stereocenters. The number of pyridine rings is 1. The number of carbonyl (C=O) groups is 2. The summed E-state index contributed by atoms with van der Waals surface area (Å²) in [7, 11) is 1.68. The lowest BCUT2D eigenvalue weighted by atomic mass is 10.0. The Morgan fingerprint density at radius 1 is 1.05 bits per heavy atom. The Kier molecular flexibility index (Phi) is 8.66. The zero-order valence-electron chi connectivity index (χ0n) is 23.2. The molecule has 1 N–H and O–H groups in total. The molecule has 1 aromatic heterocycles. The number of nitrogens with one attached hydrogen (secondary N) is 1. The average Bonchev–Trinajstić information content (AvgIpc) is 3.81. The van der Waals surface area contributed by atoms with Crippen molar-refractivity contribution in [3.05, 3.63) is 77.6 Å². The second-order valence-electron chi connectivity index (χ2n) is 10.6. The van der Waals surface area contributed by atoms with E-state index in [1.165, 1.54) is 11.0 Å². The van der Waals surface area contributed by atoms with Gasteiger partial charge >= 0.3 is 6.61 Å². The fourth-order valence-corrected chi connectivity index (χ4v) is 4.80. The number of hydrogen-bond acceptors (Lipinski definition) is 6. The standard InChI is InChI=1S/C31H34F2N4O4/c1-20-8-13-24(14-9-20)36(2)29(38)25-6-3-7-26(35-25)30(39)37-16-4-5-23(18-37)34-22-12-15-27(41-31(32)33)28(17-22)40-19-21-10-11-21/h3,6-9,12-15,17,21,23,31,34H,4-5,10-11,16,18-19H2,1-2H3/t23-/m0/s1. The maximum Gasteiger partial charge on any atom is 0.387 e. The number of benzene rings is 2. The minimum absolute atomic E-state index is 0.000162. The number of likely N-dealkylation sites (tertiary alicyclic amines) is 1. The molecule has 0 bridgehead atoms. The van der Waals surface area contributed by atoms with Crippen LogP contribution in [0.4, 0.5) is 20.2 Å². The van der Waals surface area contributed by atoms with Gasteiger partial charge in [0.05, 0.1) is 6.61 Å². The van der Waals surface area contributed by atoms with E-state index in [9.17, 15) is 18.4 Å². The highest BCUT2D eigenvalue weighted by atomic mass is 19.3. The van der Waals surface area contributed by atoms with Crippen molar-refractivity contribution in [2.75, 3.05) is 37.0 Å². The first-order valence-electron chi connectivity index (χ1n) is 13.9. The van der Waals surface area contributed by atoms with E-state index in [-0.39, 0.29) is 40.7 Å². The number of anilines is 2. The summed E-state index contributed by atoms with van der Waals surface area (Å²) < 4.78 is 36.2. The zero-order valence-corrected chi connectivity index (χ0v) is 23.2. The van der Waals surface area contributed by atoms with Crippen LogP contribution in [0.25, 0.3) is 0 Å². The molecule has 1 saturated heterocycles. The summed E-state index contributed by atoms with van der Waals surface area (Å²) in [6, 6.07) is 17.2. The average molecular weight is 565 g/mol. The van der Waals surface area contributed by atoms with Gasteiger partial charge in [0.25, 0.3) is 11.8 Å². The van der Waals surface area contributed by atoms with Crippen molar-refractivity contribution >= 4 is 23.2 Å². The van der Waals surface area contributed by atoms with Crippen LogP contribution in [0.2, 0.25) is 0 Å². The third kappa shape index (κ3) is 7.31. The number of rotatable bonds is 10. The van der Waals surface area contributed by atoms with Crippen LogP contribution in [0.1, 0.15) is 52.2 Å². The molecular formula is C31H34F2N4O4. The van der Waals surface area contributed by atoms with Gasteiger partial charge in [-0.2, -0.15) is 8.78 Å². The van der Waals surface area contributed by atoms with Crippen LogP contribution < -0.4 is 19.7 Å². The molecule has 0 unspecified atom stereocenters. The van der Waals surface area contributed by atoms with Gasteiger partial charge in [-0.25, -0.2) is 4.98 Å². The van der Waals surface area contributed by atoms with Gasteiger partial charge in [-0.05, 0) is 74.9 Å². The predicted octanol–water partition coefficient (Wildman–Crippen LogP) is 5.77. The van der Waals surface area contributed by atoms with Crippen LogP contribution in [0.5, 0.6) is 11.5 Å². The Bertz CT molecular complexity index is 1380. The van der Waals surface area contributed by atoms with Gasteiger partial charge in [0.2, 0.25) is 0 Å². The summed E-state index contributed by atoms with van der Waals surface area (Å²) in [4.78, 5) is 34.2. The van der Waals surface area contributed by atoms with Crippen LogP contribution in [0.15, 0.2) is 60.7 Å². The van der Waals surface area contributed by atoms with Crippen molar-refractivity contribution in [2.45, 2.75) is 45.3 Å². The van der Waals surface area contributed by atoms with Crippen molar-refractivity contribution < 1.29 is 27.8 Å². The Morgan fingerprint density at radius 2 is 1.80 bits per heavy atom. The number of piperidine rings is 1. The lowest BCUT2D eigenvalue weighted by Crippen LogP contribution is -2.45. The third-order valence-corrected chi connectivity index (χ3v) is 7.32. The number of halogens is 2. The molecule has 1 saturated carbocycles. The number of aryl methyl sites for hydroxylation is 1. The maximum absolute atomic E-state index is 13.4. The van der Waals surface area contributed by atoms with Crippen LogP contribution in [0.3, 0.4) is 0 Å². The molecule has 1 aliphatic heterocycles. The second-order valence-corrected chi connectivity index (χ2v) is 10.6. The molecule has 2 aromatic carbocycles. The van der Waals surface area contributed by atoms with Crippen LogP contribution in [-0.2, 0) is 0 Å². The number of amides is 2. The molecule has 0 spiro atoms. The highest BCUT2D eigenvalue weighted by molar-refractivity contribution is 6.05. The lowest BCUT2D eigenvalue weighted by Gasteiger charge is -2.33. The Hall–Kier alpha value is -4.21. The SMILES string of the molecule is Cc1ccc(N(C)C(=O)c2cccc(C(=O)N3CCC[C@H](Nc4ccc(OC(F)F)c(OCC5CC5)c4)C3)n2)cc1. The van der Waals surface area contributed by atoms with Crippen molar-refractivity contribution in [1.82, 2.24) is 9.88 Å². The highest BCUT2D eigenvalue weighted by Gasteiger charge is 2.27. The predicted molar refractivity (Wildman–Crippen MR) is 152 cm³/mol. The fourth-order valence-electron chi connectivity index (χ4n) is 4.80. The molecule has 2 fully saturated rings. The summed E-state index contributed by atoms with van der Waals surface area (Å²) in [5.74, 6) is 0.167. The van der Waals surface area contributed by atoms with Gasteiger partial charge < -0.3 is 24.6 Å². The molecule has 5 rings (SSSR count). The minimum Gasteiger partial charge on any atom is -0.489 e. The molecule has 3 aromatic rings. The van der Waals surface area contributed by atoms with E-state index in [0.717, 1.165) is 36.9 Å². The maximum atomic E-state index is 13.4. The van der Waals surface area contributed by atoms with Gasteiger partial charge in [0, 0.05) is 43.6 Å². The molecule has 1 aliphatic carbocycles. The molecule has 2 heterocycles. The normalized spacial score (nSPS) is 16.8. The molecule has 0 radical (unpaired) electrons. The summed E-state index contributed by atoms with van der Waals surface area (Å²) in [5.41, 5.74) is 2.92. The van der Waals surface area contributed by atoms with Gasteiger partial charge in [-0.1, -0.05) is 23.8 Å². The number of alkyl halides is 2. The summed E-state index contributed by atoms with van der Waals surface area (Å²) >= 11 is 0. The monoisotopic (exact) mass is 564 g/mol. The minimum atomic E-state index is -2.94. The van der Waals surface area contributed by atoms with Crippen LogP contribution >= 0.6 is 0 Å². The van der Waals surface area contributed by atoms with Gasteiger partial charge in [-0.15, -0.1) is 0 Å². The van der Waals surface area contributed by atoms with E-state index in [2.05, 4.69) is 15.0 Å². The van der Waals surface area contributed by atoms with E-state index in [1.54, 1.807) is 42.3 Å². The quantitative estimate of drug-likeness (QED) is 0.337. The number of ether oxygens (including phenoxy) is 2. The first-order valence-corrected chi connectivity index (χ1v) is 13.9. The van der Waals surface area contributed by atoms with Gasteiger partial charge in [0.15, 0.2) is 11.5 Å². The van der Waals surface area contributed by atoms with Gasteiger partial charge in [0.1, 0.15) is 11.4 Å². The Balaban J connectivity index is 1.24. The Morgan fingerprint density at radius 3 is 2.54 bits per heavy atom. The molecule has 10 heteroatoms. The lowest BCUT2D eigenvalue weighted by molar-refractivity contribution is -0.0515. The van der Waals surface area contributed by atoms with E-state index in [4.69, 9.17) is 4.74 Å². The van der Waals surface area contributed by atoms with Crippen molar-refractivity contribution in [3.63, 3.8) is 0 Å². The molecular weight excluding hydrogens is 530 g/mol. The zero-order chi connectivity index (χ0) is 28.9. The van der Waals surface area contributed by atoms with Gasteiger partial charge in [-0.3, -0.25) is 9.59 Å². The van der Waals surface area contributed by atoms with Crippen LogP contribution in [-0.4, -0.2) is 61.1 Å². The number of carbonyl (C=O) groups excluding carboxylic acids is 2. The topological polar surface area (TPSA) is 84.0 Å². The molecule has 41 heavy (non-hydrogen) atoms. The largest absolute Gasteiger partial charge is 0.489 e. The van der Waals surface area contributed by atoms with E-state index in [1.807, 2.05) is 31.2 Å². The number of hydrogen-bond donors (Lipinski definition) is 1. The first-order chi connectivity index (χ1) is 19.8. The van der Waals surface area contributed by atoms with E-state index in [0.29, 0.717) is 31.3 Å². The summed E-state index contributed by atoms with van der Waals surface area (Å²) in [5, 5.41) is 3.41.